The monoisotopic (exact) mass is 264 g/mol. The summed E-state index contributed by atoms with van der Waals surface area (Å²) in [4.78, 5) is 12.3. The van der Waals surface area contributed by atoms with Gasteiger partial charge in [0.25, 0.3) is 0 Å². The minimum Gasteiger partial charge on any atom is -0.505 e. The van der Waals surface area contributed by atoms with Crippen molar-refractivity contribution < 1.29 is 14.6 Å². The SMILES string of the molecule is Cc1cc(C)c(O)c(NC(=O)C2(N)CCOCC2)c1. The first kappa shape index (κ1) is 13.8. The van der Waals surface area contributed by atoms with Crippen molar-refractivity contribution in [1.29, 1.82) is 0 Å². The molecule has 2 rings (SSSR count). The molecule has 5 heteroatoms. The van der Waals surface area contributed by atoms with Gasteiger partial charge in [0.2, 0.25) is 5.91 Å². The molecule has 1 aromatic rings. The summed E-state index contributed by atoms with van der Waals surface area (Å²) in [5.41, 5.74) is 7.31. The highest BCUT2D eigenvalue weighted by atomic mass is 16.5. The maximum Gasteiger partial charge on any atom is 0.244 e. The fourth-order valence-corrected chi connectivity index (χ4v) is 2.26. The minimum absolute atomic E-state index is 0.0922. The van der Waals surface area contributed by atoms with Gasteiger partial charge in [-0.25, -0.2) is 0 Å². The van der Waals surface area contributed by atoms with E-state index in [4.69, 9.17) is 10.5 Å². The maximum atomic E-state index is 12.3. The summed E-state index contributed by atoms with van der Waals surface area (Å²) >= 11 is 0. The molecule has 1 heterocycles. The molecule has 5 nitrogen and oxygen atoms in total. The normalized spacial score (nSPS) is 18.1. The summed E-state index contributed by atoms with van der Waals surface area (Å²) in [7, 11) is 0. The number of hydrogen-bond donors (Lipinski definition) is 3. The Morgan fingerprint density at radius 3 is 2.63 bits per heavy atom. The average Bonchev–Trinajstić information content (AvgIpc) is 2.36. The van der Waals surface area contributed by atoms with E-state index in [9.17, 15) is 9.90 Å². The zero-order valence-corrected chi connectivity index (χ0v) is 11.3. The Kier molecular flexibility index (Phi) is 3.78. The molecule has 1 amide bonds. The minimum atomic E-state index is -0.914. The first-order valence-corrected chi connectivity index (χ1v) is 6.41. The Bertz CT molecular complexity index is 494. The number of carbonyl (C=O) groups is 1. The van der Waals surface area contributed by atoms with Crippen molar-refractivity contribution in [3.8, 4) is 5.75 Å². The highest BCUT2D eigenvalue weighted by Crippen LogP contribution is 2.30. The van der Waals surface area contributed by atoms with Crippen LogP contribution in [0, 0.1) is 13.8 Å². The molecule has 1 fully saturated rings. The lowest BCUT2D eigenvalue weighted by molar-refractivity contribution is -0.124. The van der Waals surface area contributed by atoms with Crippen LogP contribution >= 0.6 is 0 Å². The van der Waals surface area contributed by atoms with E-state index in [1.54, 1.807) is 13.0 Å². The van der Waals surface area contributed by atoms with Gasteiger partial charge in [-0.05, 0) is 43.9 Å². The molecular weight excluding hydrogens is 244 g/mol. The van der Waals surface area contributed by atoms with Crippen LogP contribution in [0.2, 0.25) is 0 Å². The second kappa shape index (κ2) is 5.19. The van der Waals surface area contributed by atoms with Crippen LogP contribution in [-0.2, 0) is 9.53 Å². The number of benzene rings is 1. The van der Waals surface area contributed by atoms with E-state index in [0.717, 1.165) is 11.1 Å². The molecular formula is C14H20N2O3. The fraction of sp³-hybridized carbons (Fsp3) is 0.500. The Labute approximate surface area is 112 Å². The highest BCUT2D eigenvalue weighted by molar-refractivity contribution is 5.99. The van der Waals surface area contributed by atoms with Crippen molar-refractivity contribution in [3.05, 3.63) is 23.3 Å². The Balaban J connectivity index is 2.19. The second-order valence-corrected chi connectivity index (χ2v) is 5.20. The van der Waals surface area contributed by atoms with Crippen LogP contribution < -0.4 is 11.1 Å². The van der Waals surface area contributed by atoms with Gasteiger partial charge in [0, 0.05) is 13.2 Å². The third kappa shape index (κ3) is 2.88. The van der Waals surface area contributed by atoms with Crippen molar-refractivity contribution in [3.63, 3.8) is 0 Å². The van der Waals surface area contributed by atoms with Crippen molar-refractivity contribution in [1.82, 2.24) is 0 Å². The summed E-state index contributed by atoms with van der Waals surface area (Å²) in [5, 5.41) is 12.7. The summed E-state index contributed by atoms with van der Waals surface area (Å²) in [5.74, 6) is -0.175. The van der Waals surface area contributed by atoms with Gasteiger partial charge in [0.15, 0.2) is 0 Å². The molecule has 0 unspecified atom stereocenters. The van der Waals surface area contributed by atoms with Crippen LogP contribution in [0.3, 0.4) is 0 Å². The number of rotatable bonds is 2. The Hall–Kier alpha value is -1.59. The molecule has 0 atom stereocenters. The van der Waals surface area contributed by atoms with Gasteiger partial charge in [0.1, 0.15) is 11.3 Å². The molecule has 1 aliphatic heterocycles. The number of aromatic hydroxyl groups is 1. The fourth-order valence-electron chi connectivity index (χ4n) is 2.26. The van der Waals surface area contributed by atoms with E-state index in [1.807, 2.05) is 13.0 Å². The van der Waals surface area contributed by atoms with Gasteiger partial charge in [0.05, 0.1) is 5.69 Å². The van der Waals surface area contributed by atoms with Crippen LogP contribution in [0.15, 0.2) is 12.1 Å². The molecule has 1 saturated heterocycles. The lowest BCUT2D eigenvalue weighted by Crippen LogP contribution is -2.54. The highest BCUT2D eigenvalue weighted by Gasteiger charge is 2.36. The van der Waals surface area contributed by atoms with Gasteiger partial charge in [-0.3, -0.25) is 4.79 Å². The van der Waals surface area contributed by atoms with Gasteiger partial charge in [-0.15, -0.1) is 0 Å². The van der Waals surface area contributed by atoms with Gasteiger partial charge < -0.3 is 20.9 Å². The molecule has 4 N–H and O–H groups in total. The van der Waals surface area contributed by atoms with Crippen molar-refractivity contribution >= 4 is 11.6 Å². The van der Waals surface area contributed by atoms with E-state index in [1.165, 1.54) is 0 Å². The molecule has 0 spiro atoms. The molecule has 104 valence electrons. The van der Waals surface area contributed by atoms with E-state index in [0.29, 0.717) is 31.7 Å². The number of phenols is 1. The number of hydrogen-bond acceptors (Lipinski definition) is 4. The van der Waals surface area contributed by atoms with E-state index in [-0.39, 0.29) is 11.7 Å². The number of nitrogens with one attached hydrogen (secondary N) is 1. The topological polar surface area (TPSA) is 84.6 Å². The van der Waals surface area contributed by atoms with Crippen LogP contribution in [0.25, 0.3) is 0 Å². The van der Waals surface area contributed by atoms with Gasteiger partial charge in [-0.1, -0.05) is 6.07 Å². The lowest BCUT2D eigenvalue weighted by Gasteiger charge is -2.31. The number of nitrogens with two attached hydrogens (primary N) is 1. The van der Waals surface area contributed by atoms with E-state index >= 15 is 0 Å². The molecule has 0 radical (unpaired) electrons. The summed E-state index contributed by atoms with van der Waals surface area (Å²) in [6.45, 7) is 4.69. The number of amides is 1. The third-order valence-electron chi connectivity index (χ3n) is 3.53. The first-order valence-electron chi connectivity index (χ1n) is 6.41. The number of ether oxygens (including phenoxy) is 1. The quantitative estimate of drug-likeness (QED) is 0.706. The first-order chi connectivity index (χ1) is 8.92. The van der Waals surface area contributed by atoms with Crippen LogP contribution in [0.4, 0.5) is 5.69 Å². The zero-order valence-electron chi connectivity index (χ0n) is 11.3. The third-order valence-corrected chi connectivity index (χ3v) is 3.53. The molecule has 1 aliphatic rings. The van der Waals surface area contributed by atoms with Crippen molar-refractivity contribution in [2.24, 2.45) is 5.73 Å². The molecule has 0 saturated carbocycles. The Morgan fingerprint density at radius 1 is 1.37 bits per heavy atom. The largest absolute Gasteiger partial charge is 0.505 e. The van der Waals surface area contributed by atoms with Gasteiger partial charge in [-0.2, -0.15) is 0 Å². The standard InChI is InChI=1S/C14H20N2O3/c1-9-7-10(2)12(17)11(8-9)16-13(18)14(15)3-5-19-6-4-14/h7-8,17H,3-6,15H2,1-2H3,(H,16,18). The number of carbonyl (C=O) groups excluding carboxylic acids is 1. The predicted molar refractivity (Wildman–Crippen MR) is 73.2 cm³/mol. The van der Waals surface area contributed by atoms with Crippen LogP contribution in [0.1, 0.15) is 24.0 Å². The number of anilines is 1. The average molecular weight is 264 g/mol. The van der Waals surface area contributed by atoms with Crippen LogP contribution in [0.5, 0.6) is 5.75 Å². The predicted octanol–water partition coefficient (Wildman–Crippen LogP) is 1.46. The number of aryl methyl sites for hydroxylation is 2. The maximum absolute atomic E-state index is 12.3. The zero-order chi connectivity index (χ0) is 14.0. The summed E-state index contributed by atoms with van der Waals surface area (Å²) in [6.07, 6.45) is 0.981. The summed E-state index contributed by atoms with van der Waals surface area (Å²) < 4.78 is 5.22. The molecule has 19 heavy (non-hydrogen) atoms. The Morgan fingerprint density at radius 2 is 2.00 bits per heavy atom. The molecule has 0 aromatic heterocycles. The van der Waals surface area contributed by atoms with E-state index in [2.05, 4.69) is 5.32 Å². The smallest absolute Gasteiger partial charge is 0.244 e. The number of phenolic OH excluding ortho intramolecular Hbond substituents is 1. The lowest BCUT2D eigenvalue weighted by atomic mass is 9.90. The molecule has 1 aromatic carbocycles. The van der Waals surface area contributed by atoms with Crippen molar-refractivity contribution in [2.75, 3.05) is 18.5 Å². The molecule has 0 bridgehead atoms. The second-order valence-electron chi connectivity index (χ2n) is 5.20. The summed E-state index contributed by atoms with van der Waals surface area (Å²) in [6, 6.07) is 3.60. The van der Waals surface area contributed by atoms with Gasteiger partial charge >= 0.3 is 0 Å². The van der Waals surface area contributed by atoms with Crippen LogP contribution in [-0.4, -0.2) is 29.8 Å². The van der Waals surface area contributed by atoms with Crippen molar-refractivity contribution in [2.45, 2.75) is 32.2 Å². The van der Waals surface area contributed by atoms with E-state index < -0.39 is 5.54 Å². The molecule has 0 aliphatic carbocycles.